The number of hydrogen-bond acceptors (Lipinski definition) is 2. The molecule has 1 atom stereocenters. The molecule has 0 saturated heterocycles. The highest BCUT2D eigenvalue weighted by molar-refractivity contribution is 5.89. The zero-order valence-electron chi connectivity index (χ0n) is 9.87. The fourth-order valence-electron chi connectivity index (χ4n) is 1.37. The molecule has 0 saturated carbocycles. The van der Waals surface area contributed by atoms with Gasteiger partial charge in [-0.15, -0.1) is 0 Å². The van der Waals surface area contributed by atoms with Gasteiger partial charge in [-0.1, -0.05) is 6.07 Å². The van der Waals surface area contributed by atoms with Crippen molar-refractivity contribution in [1.82, 2.24) is 5.32 Å². The lowest BCUT2D eigenvalue weighted by atomic mass is 10.2. The van der Waals surface area contributed by atoms with Crippen LogP contribution < -0.4 is 16.4 Å². The minimum absolute atomic E-state index is 0.142. The van der Waals surface area contributed by atoms with Crippen LogP contribution in [0, 0.1) is 5.82 Å². The molecule has 0 fully saturated rings. The molecule has 0 aromatic heterocycles. The molecular formula is C12H18FN3O. The minimum Gasteiger partial charge on any atom is -0.338 e. The standard InChI is InChI=1S/C12H18FN3O/c1-9(14)4-3-7-15-12(17)16-11-6-2-5-10(13)8-11/h2,5-6,8-9H,3-4,7,14H2,1H3,(H2,15,16,17). The van der Waals surface area contributed by atoms with Crippen LogP contribution in [0.1, 0.15) is 19.8 Å². The first-order chi connectivity index (χ1) is 8.08. The minimum atomic E-state index is -0.375. The highest BCUT2D eigenvalue weighted by atomic mass is 19.1. The van der Waals surface area contributed by atoms with Crippen LogP contribution in [0.2, 0.25) is 0 Å². The van der Waals surface area contributed by atoms with Crippen LogP contribution in [-0.2, 0) is 0 Å². The van der Waals surface area contributed by atoms with Crippen molar-refractivity contribution in [3.63, 3.8) is 0 Å². The van der Waals surface area contributed by atoms with Gasteiger partial charge in [-0.25, -0.2) is 9.18 Å². The van der Waals surface area contributed by atoms with Crippen LogP contribution in [0.4, 0.5) is 14.9 Å². The van der Waals surface area contributed by atoms with E-state index in [0.29, 0.717) is 12.2 Å². The van der Waals surface area contributed by atoms with E-state index in [0.717, 1.165) is 12.8 Å². The molecule has 0 spiro atoms. The van der Waals surface area contributed by atoms with Crippen LogP contribution in [-0.4, -0.2) is 18.6 Å². The SMILES string of the molecule is CC(N)CCCNC(=O)Nc1cccc(F)c1. The van der Waals surface area contributed by atoms with Crippen LogP contribution in [0.15, 0.2) is 24.3 Å². The van der Waals surface area contributed by atoms with Gasteiger partial charge >= 0.3 is 6.03 Å². The summed E-state index contributed by atoms with van der Waals surface area (Å²) in [5, 5.41) is 5.23. The summed E-state index contributed by atoms with van der Waals surface area (Å²) in [5.74, 6) is -0.375. The number of urea groups is 1. The molecule has 0 radical (unpaired) electrons. The number of anilines is 1. The largest absolute Gasteiger partial charge is 0.338 e. The van der Waals surface area contributed by atoms with Gasteiger partial charge in [-0.3, -0.25) is 0 Å². The van der Waals surface area contributed by atoms with Crippen LogP contribution in [0.5, 0.6) is 0 Å². The van der Waals surface area contributed by atoms with Crippen molar-refractivity contribution in [2.45, 2.75) is 25.8 Å². The fraction of sp³-hybridized carbons (Fsp3) is 0.417. The lowest BCUT2D eigenvalue weighted by Gasteiger charge is -2.08. The summed E-state index contributed by atoms with van der Waals surface area (Å²) in [6.45, 7) is 2.48. The first-order valence-electron chi connectivity index (χ1n) is 5.64. The Morgan fingerprint density at radius 2 is 2.29 bits per heavy atom. The fourth-order valence-corrected chi connectivity index (χ4v) is 1.37. The Kier molecular flexibility index (Phi) is 5.42. The molecule has 2 amide bonds. The molecule has 4 nitrogen and oxygen atoms in total. The summed E-state index contributed by atoms with van der Waals surface area (Å²) in [5.41, 5.74) is 6.02. The molecule has 0 aliphatic carbocycles. The van der Waals surface area contributed by atoms with Crippen molar-refractivity contribution < 1.29 is 9.18 Å². The van der Waals surface area contributed by atoms with Crippen molar-refractivity contribution in [3.8, 4) is 0 Å². The smallest absolute Gasteiger partial charge is 0.319 e. The van der Waals surface area contributed by atoms with Gasteiger partial charge in [-0.2, -0.15) is 0 Å². The zero-order chi connectivity index (χ0) is 12.7. The first kappa shape index (κ1) is 13.4. The topological polar surface area (TPSA) is 67.1 Å². The number of nitrogens with one attached hydrogen (secondary N) is 2. The summed E-state index contributed by atoms with van der Waals surface area (Å²) in [4.78, 5) is 11.4. The lowest BCUT2D eigenvalue weighted by molar-refractivity contribution is 0.252. The molecule has 1 rings (SSSR count). The first-order valence-corrected chi connectivity index (χ1v) is 5.64. The van der Waals surface area contributed by atoms with E-state index in [1.165, 1.54) is 12.1 Å². The molecule has 94 valence electrons. The third-order valence-corrected chi connectivity index (χ3v) is 2.20. The quantitative estimate of drug-likeness (QED) is 0.689. The second-order valence-corrected chi connectivity index (χ2v) is 4.01. The van der Waals surface area contributed by atoms with E-state index >= 15 is 0 Å². The highest BCUT2D eigenvalue weighted by Crippen LogP contribution is 2.08. The van der Waals surface area contributed by atoms with Gasteiger partial charge in [0.25, 0.3) is 0 Å². The number of halogens is 1. The summed E-state index contributed by atoms with van der Waals surface area (Å²) >= 11 is 0. The predicted octanol–water partition coefficient (Wildman–Crippen LogP) is 2.07. The molecular weight excluding hydrogens is 221 g/mol. The van der Waals surface area contributed by atoms with Gasteiger partial charge in [0.2, 0.25) is 0 Å². The Morgan fingerprint density at radius 1 is 1.53 bits per heavy atom. The number of benzene rings is 1. The zero-order valence-corrected chi connectivity index (χ0v) is 9.87. The summed E-state index contributed by atoms with van der Waals surface area (Å²) in [7, 11) is 0. The van der Waals surface area contributed by atoms with Crippen LogP contribution >= 0.6 is 0 Å². The van der Waals surface area contributed by atoms with Gasteiger partial charge < -0.3 is 16.4 Å². The molecule has 17 heavy (non-hydrogen) atoms. The maximum atomic E-state index is 12.8. The number of nitrogens with two attached hydrogens (primary N) is 1. The lowest BCUT2D eigenvalue weighted by Crippen LogP contribution is -2.30. The van der Waals surface area contributed by atoms with Crippen LogP contribution in [0.3, 0.4) is 0 Å². The van der Waals surface area contributed by atoms with Crippen LogP contribution in [0.25, 0.3) is 0 Å². The van der Waals surface area contributed by atoms with E-state index in [-0.39, 0.29) is 17.9 Å². The summed E-state index contributed by atoms with van der Waals surface area (Å²) in [6.07, 6.45) is 1.69. The summed E-state index contributed by atoms with van der Waals surface area (Å²) < 4.78 is 12.8. The molecule has 0 bridgehead atoms. The molecule has 5 heteroatoms. The number of carbonyl (C=O) groups excluding carboxylic acids is 1. The van der Waals surface area contributed by atoms with E-state index in [1.54, 1.807) is 12.1 Å². The average Bonchev–Trinajstić information content (AvgIpc) is 2.24. The van der Waals surface area contributed by atoms with Gasteiger partial charge in [0.05, 0.1) is 0 Å². The molecule has 4 N–H and O–H groups in total. The second-order valence-electron chi connectivity index (χ2n) is 4.01. The third kappa shape index (κ3) is 5.87. The van der Waals surface area contributed by atoms with Gasteiger partial charge in [0.15, 0.2) is 0 Å². The highest BCUT2D eigenvalue weighted by Gasteiger charge is 2.02. The molecule has 1 aromatic carbocycles. The van der Waals surface area contributed by atoms with Gasteiger partial charge in [-0.05, 0) is 38.0 Å². The van der Waals surface area contributed by atoms with Crippen molar-refractivity contribution >= 4 is 11.7 Å². The Hall–Kier alpha value is -1.62. The van der Waals surface area contributed by atoms with Crippen molar-refractivity contribution in [3.05, 3.63) is 30.1 Å². The van der Waals surface area contributed by atoms with Gasteiger partial charge in [0.1, 0.15) is 5.82 Å². The van der Waals surface area contributed by atoms with E-state index in [1.807, 2.05) is 6.92 Å². The predicted molar refractivity (Wildman–Crippen MR) is 66.3 cm³/mol. The monoisotopic (exact) mass is 239 g/mol. The van der Waals surface area contributed by atoms with Crippen molar-refractivity contribution in [2.75, 3.05) is 11.9 Å². The number of carbonyl (C=O) groups is 1. The number of rotatable bonds is 5. The molecule has 0 heterocycles. The Morgan fingerprint density at radius 3 is 2.94 bits per heavy atom. The molecule has 1 unspecified atom stereocenters. The van der Waals surface area contributed by atoms with E-state index in [4.69, 9.17) is 5.73 Å². The maximum absolute atomic E-state index is 12.8. The third-order valence-electron chi connectivity index (χ3n) is 2.20. The Labute approximate surface area is 100 Å². The van der Waals surface area contributed by atoms with Gasteiger partial charge in [0, 0.05) is 18.3 Å². The van der Waals surface area contributed by atoms with E-state index < -0.39 is 0 Å². The number of hydrogen-bond donors (Lipinski definition) is 3. The normalized spacial score (nSPS) is 11.9. The van der Waals surface area contributed by atoms with Crippen molar-refractivity contribution in [1.29, 1.82) is 0 Å². The van der Waals surface area contributed by atoms with Crippen molar-refractivity contribution in [2.24, 2.45) is 5.73 Å². The maximum Gasteiger partial charge on any atom is 0.319 e. The molecule has 1 aromatic rings. The van der Waals surface area contributed by atoms with E-state index in [9.17, 15) is 9.18 Å². The molecule has 0 aliphatic rings. The van der Waals surface area contributed by atoms with E-state index in [2.05, 4.69) is 10.6 Å². The Bertz CT molecular complexity index is 369. The average molecular weight is 239 g/mol. The summed E-state index contributed by atoms with van der Waals surface area (Å²) in [6, 6.07) is 5.57. The molecule has 0 aliphatic heterocycles. The number of amides is 2. The Balaban J connectivity index is 2.25. The second kappa shape index (κ2) is 6.85.